The monoisotopic (exact) mass is 164 g/mol. The fourth-order valence-electron chi connectivity index (χ4n) is 1.23. The van der Waals surface area contributed by atoms with Crippen LogP contribution in [0.25, 0.3) is 0 Å². The maximum absolute atomic E-state index is 5.99. The number of aryl methyl sites for hydroxylation is 1. The molecule has 3 nitrogen and oxygen atoms in total. The van der Waals surface area contributed by atoms with E-state index >= 15 is 0 Å². The highest BCUT2D eigenvalue weighted by Crippen LogP contribution is 2.24. The van der Waals surface area contributed by atoms with Crippen molar-refractivity contribution in [2.75, 3.05) is 13.2 Å². The Morgan fingerprint density at radius 1 is 1.50 bits per heavy atom. The molecule has 2 rings (SSSR count). The van der Waals surface area contributed by atoms with Gasteiger partial charge in [0, 0.05) is 6.20 Å². The number of ether oxygens (including phenoxy) is 1. The van der Waals surface area contributed by atoms with Crippen LogP contribution in [0.4, 0.5) is 0 Å². The Kier molecular flexibility index (Phi) is 1.63. The van der Waals surface area contributed by atoms with E-state index in [1.54, 1.807) is 0 Å². The van der Waals surface area contributed by atoms with E-state index in [1.165, 1.54) is 0 Å². The minimum absolute atomic E-state index is 0.326. The average Bonchev–Trinajstić information content (AvgIpc) is 2.02. The second kappa shape index (κ2) is 2.54. The van der Waals surface area contributed by atoms with Gasteiger partial charge in [-0.25, -0.2) is 0 Å². The molecule has 0 spiro atoms. The highest BCUT2D eigenvalue weighted by Gasteiger charge is 2.37. The highest BCUT2D eigenvalue weighted by atomic mass is 16.5. The van der Waals surface area contributed by atoms with Crippen LogP contribution >= 0.6 is 0 Å². The van der Waals surface area contributed by atoms with Crippen LogP contribution in [0, 0.1) is 6.92 Å². The van der Waals surface area contributed by atoms with E-state index < -0.39 is 0 Å². The molecule has 12 heavy (non-hydrogen) atoms. The largest absolute Gasteiger partial charge is 0.377 e. The number of hydrogen-bond acceptors (Lipinski definition) is 3. The first kappa shape index (κ1) is 7.71. The van der Waals surface area contributed by atoms with E-state index in [9.17, 15) is 0 Å². The number of nitrogens with two attached hydrogens (primary N) is 1. The molecule has 2 heterocycles. The number of nitrogens with zero attached hydrogens (tertiary/aromatic N) is 1. The quantitative estimate of drug-likeness (QED) is 0.660. The highest BCUT2D eigenvalue weighted by molar-refractivity contribution is 5.21. The first-order chi connectivity index (χ1) is 5.71. The van der Waals surface area contributed by atoms with Gasteiger partial charge in [0.2, 0.25) is 0 Å². The maximum Gasteiger partial charge on any atom is 0.106 e. The van der Waals surface area contributed by atoms with Gasteiger partial charge >= 0.3 is 0 Å². The van der Waals surface area contributed by atoms with Crippen LogP contribution in [0.5, 0.6) is 0 Å². The fourth-order valence-corrected chi connectivity index (χ4v) is 1.23. The predicted octanol–water partition coefficient (Wildman–Crippen LogP) is 0.574. The van der Waals surface area contributed by atoms with Crippen LogP contribution in [0.1, 0.15) is 11.3 Å². The molecular weight excluding hydrogens is 152 g/mol. The van der Waals surface area contributed by atoms with Gasteiger partial charge in [0.1, 0.15) is 5.54 Å². The van der Waals surface area contributed by atoms with Crippen molar-refractivity contribution in [3.63, 3.8) is 0 Å². The number of hydrogen-bond donors (Lipinski definition) is 1. The fraction of sp³-hybridized carbons (Fsp3) is 0.444. The Morgan fingerprint density at radius 2 is 2.25 bits per heavy atom. The number of aromatic nitrogens is 1. The van der Waals surface area contributed by atoms with Crippen LogP contribution < -0.4 is 5.73 Å². The second-order valence-electron chi connectivity index (χ2n) is 3.37. The van der Waals surface area contributed by atoms with Crippen molar-refractivity contribution in [1.29, 1.82) is 0 Å². The molecule has 0 radical (unpaired) electrons. The second-order valence-corrected chi connectivity index (χ2v) is 3.37. The first-order valence-electron chi connectivity index (χ1n) is 4.00. The third-order valence-corrected chi connectivity index (χ3v) is 2.14. The minimum atomic E-state index is -0.326. The van der Waals surface area contributed by atoms with Crippen LogP contribution in [0.2, 0.25) is 0 Å². The molecule has 0 saturated carbocycles. The van der Waals surface area contributed by atoms with Gasteiger partial charge in [0.15, 0.2) is 0 Å². The standard InChI is InChI=1S/C9H12N2O/c1-7-2-3-8(11-4-7)9(10)5-12-6-9/h2-4H,5-6,10H2,1H3. The zero-order valence-corrected chi connectivity index (χ0v) is 7.08. The summed E-state index contributed by atoms with van der Waals surface area (Å²) >= 11 is 0. The van der Waals surface area contributed by atoms with E-state index in [2.05, 4.69) is 4.98 Å². The lowest BCUT2D eigenvalue weighted by molar-refractivity contribution is -0.0590. The number of pyridine rings is 1. The normalized spacial score (nSPS) is 20.2. The van der Waals surface area contributed by atoms with E-state index in [4.69, 9.17) is 10.5 Å². The van der Waals surface area contributed by atoms with Crippen molar-refractivity contribution < 1.29 is 4.74 Å². The predicted molar refractivity (Wildman–Crippen MR) is 45.7 cm³/mol. The van der Waals surface area contributed by atoms with Crippen molar-refractivity contribution in [3.8, 4) is 0 Å². The van der Waals surface area contributed by atoms with Crippen LogP contribution in [0.3, 0.4) is 0 Å². The summed E-state index contributed by atoms with van der Waals surface area (Å²) in [6.45, 7) is 3.18. The van der Waals surface area contributed by atoms with Gasteiger partial charge in [-0.15, -0.1) is 0 Å². The Hall–Kier alpha value is -0.930. The summed E-state index contributed by atoms with van der Waals surface area (Å²) in [5, 5.41) is 0. The smallest absolute Gasteiger partial charge is 0.106 e. The third kappa shape index (κ3) is 1.11. The van der Waals surface area contributed by atoms with Crippen molar-refractivity contribution in [2.45, 2.75) is 12.5 Å². The summed E-state index contributed by atoms with van der Waals surface area (Å²) in [6.07, 6.45) is 1.84. The molecule has 64 valence electrons. The summed E-state index contributed by atoms with van der Waals surface area (Å²) in [5.74, 6) is 0. The molecule has 1 aromatic heterocycles. The van der Waals surface area contributed by atoms with Gasteiger partial charge in [-0.3, -0.25) is 4.98 Å². The molecule has 0 aliphatic carbocycles. The number of rotatable bonds is 1. The lowest BCUT2D eigenvalue weighted by Gasteiger charge is -2.37. The topological polar surface area (TPSA) is 48.1 Å². The zero-order chi connectivity index (χ0) is 8.60. The molecule has 0 atom stereocenters. The van der Waals surface area contributed by atoms with Gasteiger partial charge in [0.25, 0.3) is 0 Å². The molecular formula is C9H12N2O. The summed E-state index contributed by atoms with van der Waals surface area (Å²) in [5.41, 5.74) is 7.75. The van der Waals surface area contributed by atoms with Crippen LogP contribution in [-0.2, 0) is 10.3 Å². The molecule has 3 heteroatoms. The van der Waals surface area contributed by atoms with E-state index in [1.807, 2.05) is 25.3 Å². The Balaban J connectivity index is 2.28. The van der Waals surface area contributed by atoms with E-state index in [-0.39, 0.29) is 5.54 Å². The molecule has 0 amide bonds. The molecule has 1 aliphatic heterocycles. The molecule has 1 fully saturated rings. The summed E-state index contributed by atoms with van der Waals surface area (Å²) in [6, 6.07) is 3.99. The SMILES string of the molecule is Cc1ccc(C2(N)COC2)nc1. The van der Waals surface area contributed by atoms with Gasteiger partial charge in [-0.2, -0.15) is 0 Å². The molecule has 0 bridgehead atoms. The molecule has 1 aromatic rings. The van der Waals surface area contributed by atoms with Crippen molar-refractivity contribution in [2.24, 2.45) is 5.73 Å². The lowest BCUT2D eigenvalue weighted by atomic mass is 9.94. The zero-order valence-electron chi connectivity index (χ0n) is 7.08. The summed E-state index contributed by atoms with van der Waals surface area (Å²) < 4.78 is 5.06. The third-order valence-electron chi connectivity index (χ3n) is 2.14. The van der Waals surface area contributed by atoms with Gasteiger partial charge in [-0.05, 0) is 18.6 Å². The molecule has 2 N–H and O–H groups in total. The lowest BCUT2D eigenvalue weighted by Crippen LogP contribution is -2.54. The van der Waals surface area contributed by atoms with Gasteiger partial charge < -0.3 is 10.5 Å². The maximum atomic E-state index is 5.99. The summed E-state index contributed by atoms with van der Waals surface area (Å²) in [7, 11) is 0. The molecule has 0 aromatic carbocycles. The first-order valence-corrected chi connectivity index (χ1v) is 4.00. The summed E-state index contributed by atoms with van der Waals surface area (Å²) in [4.78, 5) is 4.27. The van der Waals surface area contributed by atoms with Crippen LogP contribution in [0.15, 0.2) is 18.3 Å². The van der Waals surface area contributed by atoms with E-state index in [0.717, 1.165) is 11.3 Å². The average molecular weight is 164 g/mol. The minimum Gasteiger partial charge on any atom is -0.377 e. The molecule has 1 saturated heterocycles. The van der Waals surface area contributed by atoms with E-state index in [0.29, 0.717) is 13.2 Å². The Bertz CT molecular complexity index is 277. The van der Waals surface area contributed by atoms with Gasteiger partial charge in [-0.1, -0.05) is 6.07 Å². The van der Waals surface area contributed by atoms with Crippen molar-refractivity contribution in [1.82, 2.24) is 4.98 Å². The van der Waals surface area contributed by atoms with Crippen LogP contribution in [-0.4, -0.2) is 18.2 Å². The van der Waals surface area contributed by atoms with Crippen molar-refractivity contribution in [3.05, 3.63) is 29.6 Å². The van der Waals surface area contributed by atoms with Crippen molar-refractivity contribution >= 4 is 0 Å². The molecule has 0 unspecified atom stereocenters. The molecule has 1 aliphatic rings. The Morgan fingerprint density at radius 3 is 2.67 bits per heavy atom. The van der Waals surface area contributed by atoms with Gasteiger partial charge in [0.05, 0.1) is 18.9 Å². The Labute approximate surface area is 71.6 Å².